The molecular weight excluding hydrogens is 150 g/mol. The fourth-order valence-electron chi connectivity index (χ4n) is 2.97. The molecule has 0 radical (unpaired) electrons. The molecule has 2 aliphatic heterocycles. The first kappa shape index (κ1) is 8.52. The van der Waals surface area contributed by atoms with Crippen molar-refractivity contribution >= 4 is 0 Å². The molecular formula is C10H19NO. The van der Waals surface area contributed by atoms with Gasteiger partial charge in [0, 0.05) is 18.1 Å². The molecule has 3 unspecified atom stereocenters. The molecule has 0 bridgehead atoms. The number of aliphatic hydroxyl groups is 1. The van der Waals surface area contributed by atoms with Crippen molar-refractivity contribution in [3.8, 4) is 0 Å². The number of nitrogens with zero attached hydrogens (tertiary/aromatic N) is 1. The molecule has 1 N–H and O–H groups in total. The summed E-state index contributed by atoms with van der Waals surface area (Å²) in [6, 6.07) is 1.99. The van der Waals surface area contributed by atoms with Crippen LogP contribution in [0.3, 0.4) is 0 Å². The van der Waals surface area contributed by atoms with Crippen LogP contribution in [0, 0.1) is 0 Å². The summed E-state index contributed by atoms with van der Waals surface area (Å²) in [5, 5.41) is 9.21. The summed E-state index contributed by atoms with van der Waals surface area (Å²) in [6.45, 7) is 2.66. The van der Waals surface area contributed by atoms with Crippen molar-refractivity contribution in [3.63, 3.8) is 0 Å². The van der Waals surface area contributed by atoms with Gasteiger partial charge in [-0.25, -0.2) is 0 Å². The molecule has 12 heavy (non-hydrogen) atoms. The van der Waals surface area contributed by atoms with Crippen LogP contribution in [0.4, 0.5) is 0 Å². The molecule has 0 aromatic carbocycles. The summed E-state index contributed by atoms with van der Waals surface area (Å²) in [7, 11) is 0. The average Bonchev–Trinajstić information content (AvgIpc) is 2.48. The van der Waals surface area contributed by atoms with Gasteiger partial charge in [-0.15, -0.1) is 0 Å². The summed E-state index contributed by atoms with van der Waals surface area (Å²) < 4.78 is 0. The number of piperidine rings is 1. The SMILES string of the molecule is CC1CCC2CCCC(CO)N12. The minimum atomic E-state index is 0.362. The lowest BCUT2D eigenvalue weighted by atomic mass is 9.97. The van der Waals surface area contributed by atoms with Crippen molar-refractivity contribution in [2.75, 3.05) is 6.61 Å². The molecule has 2 saturated heterocycles. The fourth-order valence-corrected chi connectivity index (χ4v) is 2.97. The first-order valence-electron chi connectivity index (χ1n) is 5.21. The maximum Gasteiger partial charge on any atom is 0.0587 e. The van der Waals surface area contributed by atoms with E-state index in [0.717, 1.165) is 6.04 Å². The molecule has 2 heterocycles. The minimum Gasteiger partial charge on any atom is -0.395 e. The number of fused-ring (bicyclic) bond motifs is 1. The predicted molar refractivity (Wildman–Crippen MR) is 49.0 cm³/mol. The van der Waals surface area contributed by atoms with Crippen molar-refractivity contribution in [1.29, 1.82) is 0 Å². The predicted octanol–water partition coefficient (Wildman–Crippen LogP) is 1.38. The van der Waals surface area contributed by atoms with Gasteiger partial charge >= 0.3 is 0 Å². The van der Waals surface area contributed by atoms with Crippen LogP contribution < -0.4 is 0 Å². The molecule has 0 aliphatic carbocycles. The van der Waals surface area contributed by atoms with Crippen molar-refractivity contribution in [2.45, 2.75) is 57.2 Å². The van der Waals surface area contributed by atoms with Crippen LogP contribution in [0.15, 0.2) is 0 Å². The van der Waals surface area contributed by atoms with Crippen LogP contribution in [0.1, 0.15) is 39.0 Å². The summed E-state index contributed by atoms with van der Waals surface area (Å²) >= 11 is 0. The third-order valence-corrected chi connectivity index (χ3v) is 3.56. The van der Waals surface area contributed by atoms with E-state index in [1.54, 1.807) is 0 Å². The van der Waals surface area contributed by atoms with Crippen LogP contribution in [-0.2, 0) is 0 Å². The smallest absolute Gasteiger partial charge is 0.0587 e. The molecule has 2 heteroatoms. The van der Waals surface area contributed by atoms with Gasteiger partial charge in [-0.1, -0.05) is 6.42 Å². The zero-order valence-corrected chi connectivity index (χ0v) is 7.87. The maximum absolute atomic E-state index is 9.21. The Labute approximate surface area is 74.6 Å². The van der Waals surface area contributed by atoms with Gasteiger partial charge in [-0.3, -0.25) is 4.90 Å². The zero-order chi connectivity index (χ0) is 8.55. The number of rotatable bonds is 1. The van der Waals surface area contributed by atoms with Gasteiger partial charge < -0.3 is 5.11 Å². The van der Waals surface area contributed by atoms with E-state index >= 15 is 0 Å². The Morgan fingerprint density at radius 3 is 2.83 bits per heavy atom. The Balaban J connectivity index is 2.07. The molecule has 2 fully saturated rings. The zero-order valence-electron chi connectivity index (χ0n) is 7.87. The fraction of sp³-hybridized carbons (Fsp3) is 1.00. The van der Waals surface area contributed by atoms with Gasteiger partial charge in [0.2, 0.25) is 0 Å². The second-order valence-corrected chi connectivity index (χ2v) is 4.29. The maximum atomic E-state index is 9.21. The Bertz CT molecular complexity index is 158. The van der Waals surface area contributed by atoms with Gasteiger partial charge in [-0.2, -0.15) is 0 Å². The molecule has 2 nitrogen and oxygen atoms in total. The Morgan fingerprint density at radius 1 is 1.25 bits per heavy atom. The molecule has 70 valence electrons. The van der Waals surface area contributed by atoms with Crippen LogP contribution in [-0.4, -0.2) is 34.7 Å². The van der Waals surface area contributed by atoms with E-state index in [1.165, 1.54) is 32.1 Å². The van der Waals surface area contributed by atoms with Crippen molar-refractivity contribution in [1.82, 2.24) is 4.90 Å². The highest BCUT2D eigenvalue weighted by atomic mass is 16.3. The van der Waals surface area contributed by atoms with E-state index < -0.39 is 0 Å². The summed E-state index contributed by atoms with van der Waals surface area (Å²) in [5.41, 5.74) is 0. The van der Waals surface area contributed by atoms with E-state index in [0.29, 0.717) is 18.7 Å². The van der Waals surface area contributed by atoms with E-state index in [9.17, 15) is 5.11 Å². The lowest BCUT2D eigenvalue weighted by Gasteiger charge is -2.39. The first-order valence-corrected chi connectivity index (χ1v) is 5.21. The van der Waals surface area contributed by atoms with Crippen molar-refractivity contribution in [2.24, 2.45) is 0 Å². The first-order chi connectivity index (χ1) is 5.83. The highest BCUT2D eigenvalue weighted by molar-refractivity contribution is 4.92. The topological polar surface area (TPSA) is 23.5 Å². The van der Waals surface area contributed by atoms with Crippen LogP contribution in [0.5, 0.6) is 0 Å². The standard InChI is InChI=1S/C10H19NO/c1-8-5-6-9-3-2-4-10(7-12)11(8)9/h8-10,12H,2-7H2,1H3. The average molecular weight is 169 g/mol. The molecule has 0 aromatic heterocycles. The van der Waals surface area contributed by atoms with Gasteiger partial charge in [0.15, 0.2) is 0 Å². The Hall–Kier alpha value is -0.0800. The number of aliphatic hydroxyl groups excluding tert-OH is 1. The molecule has 0 amide bonds. The molecule has 0 saturated carbocycles. The quantitative estimate of drug-likeness (QED) is 0.641. The van der Waals surface area contributed by atoms with Crippen LogP contribution in [0.2, 0.25) is 0 Å². The van der Waals surface area contributed by atoms with Gasteiger partial charge in [0.05, 0.1) is 6.61 Å². The lowest BCUT2D eigenvalue weighted by molar-refractivity contribution is 0.0482. The van der Waals surface area contributed by atoms with Gasteiger partial charge in [0.25, 0.3) is 0 Å². The third-order valence-electron chi connectivity index (χ3n) is 3.56. The van der Waals surface area contributed by atoms with E-state index in [4.69, 9.17) is 0 Å². The van der Waals surface area contributed by atoms with E-state index in [-0.39, 0.29) is 0 Å². The van der Waals surface area contributed by atoms with E-state index in [2.05, 4.69) is 11.8 Å². The highest BCUT2D eigenvalue weighted by Gasteiger charge is 2.37. The number of hydrogen-bond acceptors (Lipinski definition) is 2. The van der Waals surface area contributed by atoms with Crippen LogP contribution >= 0.6 is 0 Å². The second-order valence-electron chi connectivity index (χ2n) is 4.29. The third kappa shape index (κ3) is 1.27. The van der Waals surface area contributed by atoms with E-state index in [1.807, 2.05) is 0 Å². The van der Waals surface area contributed by atoms with Gasteiger partial charge in [-0.05, 0) is 32.6 Å². The molecule has 3 atom stereocenters. The largest absolute Gasteiger partial charge is 0.395 e. The molecule has 2 aliphatic rings. The Morgan fingerprint density at radius 2 is 2.08 bits per heavy atom. The summed E-state index contributed by atoms with van der Waals surface area (Å²) in [6.07, 6.45) is 6.58. The normalized spacial score (nSPS) is 43.0. The minimum absolute atomic E-state index is 0.362. The van der Waals surface area contributed by atoms with Gasteiger partial charge in [0.1, 0.15) is 0 Å². The number of hydrogen-bond donors (Lipinski definition) is 1. The molecule has 2 rings (SSSR count). The molecule has 0 spiro atoms. The van der Waals surface area contributed by atoms with Crippen LogP contribution in [0.25, 0.3) is 0 Å². The Kier molecular flexibility index (Phi) is 2.37. The summed E-state index contributed by atoms with van der Waals surface area (Å²) in [5.74, 6) is 0. The van der Waals surface area contributed by atoms with Crippen molar-refractivity contribution < 1.29 is 5.11 Å². The molecule has 0 aromatic rings. The lowest BCUT2D eigenvalue weighted by Crippen LogP contribution is -2.47. The summed E-state index contributed by atoms with van der Waals surface area (Å²) in [4.78, 5) is 2.56. The second kappa shape index (κ2) is 3.35. The van der Waals surface area contributed by atoms with Crippen molar-refractivity contribution in [3.05, 3.63) is 0 Å². The highest BCUT2D eigenvalue weighted by Crippen LogP contribution is 2.34. The monoisotopic (exact) mass is 169 g/mol.